The van der Waals surface area contributed by atoms with Gasteiger partial charge in [-0.25, -0.2) is 8.42 Å². The highest BCUT2D eigenvalue weighted by molar-refractivity contribution is 8.13. The Morgan fingerprint density at radius 1 is 0.872 bits per heavy atom. The standard InChI is InChI=1S/C6H15N.C4H8O6S2.C3H6O4S.C3H4O3S.CH3ClO2S/c1-4-7(5-2)6-3;1-11(5,6)10-4-2-9-12(7,8)3-4;4-3-1-7-8(5,6)2-3;4-7(5)3-1-2-6-7;1-5(2,3)4/h4-6H2,1-3H3;4H,2-3H2,1H3;3-4H,1-2H2;1,3H,2H2;1H3. The first-order valence-electron chi connectivity index (χ1n) is 10.9. The van der Waals surface area contributed by atoms with Gasteiger partial charge in [0.15, 0.2) is 0 Å². The molecule has 236 valence electrons. The molecule has 0 aromatic heterocycles. The molecule has 3 aliphatic rings. The van der Waals surface area contributed by atoms with Crippen molar-refractivity contribution in [1.29, 1.82) is 0 Å². The van der Waals surface area contributed by atoms with Crippen LogP contribution in [-0.4, -0.2) is 128 Å². The van der Waals surface area contributed by atoms with Crippen LogP contribution in [0.5, 0.6) is 0 Å². The summed E-state index contributed by atoms with van der Waals surface area (Å²) < 4.78 is 119. The highest BCUT2D eigenvalue weighted by Gasteiger charge is 2.32. The topological polar surface area (TPSA) is 231 Å². The van der Waals surface area contributed by atoms with E-state index < -0.39 is 67.5 Å². The zero-order valence-corrected chi connectivity index (χ0v) is 26.8. The molecule has 0 aromatic carbocycles. The molecule has 0 aliphatic carbocycles. The number of hydrogen-bond acceptors (Lipinski definition) is 16. The Morgan fingerprint density at radius 3 is 1.46 bits per heavy atom. The van der Waals surface area contributed by atoms with Gasteiger partial charge in [0.2, 0.25) is 9.05 Å². The molecule has 3 rings (SSSR count). The van der Waals surface area contributed by atoms with Crippen LogP contribution >= 0.6 is 10.7 Å². The average molecular weight is 690 g/mol. The van der Waals surface area contributed by atoms with Gasteiger partial charge in [-0.3, -0.25) is 16.7 Å². The zero-order chi connectivity index (χ0) is 31.1. The monoisotopic (exact) mass is 689 g/mol. The van der Waals surface area contributed by atoms with Gasteiger partial charge >= 0.3 is 0 Å². The lowest BCUT2D eigenvalue weighted by molar-refractivity contribution is 0.157. The quantitative estimate of drug-likeness (QED) is 0.263. The van der Waals surface area contributed by atoms with Crippen LogP contribution in [0.3, 0.4) is 0 Å². The summed E-state index contributed by atoms with van der Waals surface area (Å²) in [6.45, 7) is 10.0. The predicted molar refractivity (Wildman–Crippen MR) is 143 cm³/mol. The molecule has 0 aromatic rings. The molecule has 3 aliphatic heterocycles. The van der Waals surface area contributed by atoms with E-state index in [0.29, 0.717) is 0 Å². The maximum atomic E-state index is 10.6. The minimum absolute atomic E-state index is 0.0810. The van der Waals surface area contributed by atoms with Crippen LogP contribution in [0.4, 0.5) is 0 Å². The lowest BCUT2D eigenvalue weighted by Crippen LogP contribution is -2.21. The Bertz CT molecular complexity index is 1260. The van der Waals surface area contributed by atoms with Crippen LogP contribution < -0.4 is 0 Å². The number of hydrogen-bond donors (Lipinski definition) is 1. The Kier molecular flexibility index (Phi) is 18.9. The fourth-order valence-electron chi connectivity index (χ4n) is 2.32. The lowest BCUT2D eigenvalue weighted by atomic mass is 10.5. The first kappa shape index (κ1) is 40.7. The van der Waals surface area contributed by atoms with E-state index in [9.17, 15) is 42.1 Å². The van der Waals surface area contributed by atoms with E-state index in [0.717, 1.165) is 17.9 Å². The number of nitrogens with zero attached hydrogens (tertiary/aromatic N) is 1. The minimum Gasteiger partial charge on any atom is -0.390 e. The van der Waals surface area contributed by atoms with E-state index >= 15 is 0 Å². The number of aliphatic hydroxyl groups excluding tert-OH is 1. The van der Waals surface area contributed by atoms with Crippen molar-refractivity contribution in [2.75, 3.05) is 63.5 Å². The average Bonchev–Trinajstić information content (AvgIpc) is 3.39. The van der Waals surface area contributed by atoms with Crippen molar-refractivity contribution in [3.63, 3.8) is 0 Å². The highest BCUT2D eigenvalue weighted by Crippen LogP contribution is 2.13. The molecular formula is C17H36ClNO15S5. The third kappa shape index (κ3) is 27.5. The third-order valence-corrected chi connectivity index (χ3v) is 8.08. The molecule has 0 radical (unpaired) electrons. The van der Waals surface area contributed by atoms with Crippen LogP contribution in [0.25, 0.3) is 0 Å². The molecule has 3 heterocycles. The third-order valence-electron chi connectivity index (χ3n) is 3.90. The van der Waals surface area contributed by atoms with E-state index in [2.05, 4.69) is 53.1 Å². The van der Waals surface area contributed by atoms with Crippen molar-refractivity contribution in [1.82, 2.24) is 4.90 Å². The summed E-state index contributed by atoms with van der Waals surface area (Å²) in [6, 6.07) is 0. The second-order valence-corrected chi connectivity index (χ2v) is 17.1. The van der Waals surface area contributed by atoms with Gasteiger partial charge in [-0.15, -0.1) is 0 Å². The van der Waals surface area contributed by atoms with Gasteiger partial charge in [0.05, 0.1) is 43.8 Å². The van der Waals surface area contributed by atoms with Crippen molar-refractivity contribution < 1.29 is 63.9 Å². The molecule has 2 unspecified atom stereocenters. The molecule has 22 heteroatoms. The van der Waals surface area contributed by atoms with Crippen molar-refractivity contribution >= 4 is 60.2 Å². The lowest BCUT2D eigenvalue weighted by Gasteiger charge is -2.13. The van der Waals surface area contributed by atoms with Crippen LogP contribution in [0, 0.1) is 0 Å². The number of aliphatic hydroxyl groups is 1. The molecule has 16 nitrogen and oxygen atoms in total. The van der Waals surface area contributed by atoms with Crippen molar-refractivity contribution in [3.05, 3.63) is 11.5 Å². The second kappa shape index (κ2) is 18.2. The van der Waals surface area contributed by atoms with E-state index in [4.69, 9.17) is 5.11 Å². The normalized spacial score (nSPS) is 24.1. The maximum absolute atomic E-state index is 10.6. The highest BCUT2D eigenvalue weighted by atomic mass is 35.7. The van der Waals surface area contributed by atoms with Crippen LogP contribution in [0.15, 0.2) is 11.5 Å². The van der Waals surface area contributed by atoms with E-state index in [1.54, 1.807) is 0 Å². The Balaban J connectivity index is 0. The fraction of sp³-hybridized carbons (Fsp3) is 0.882. The fourth-order valence-corrected chi connectivity index (χ4v) is 5.79. The number of halogens is 1. The van der Waals surface area contributed by atoms with Gasteiger partial charge in [0, 0.05) is 10.7 Å². The van der Waals surface area contributed by atoms with E-state index in [1.165, 1.54) is 25.7 Å². The SMILES string of the molecule is CCN(CC)CC.CS(=O)(=O)Cl.CS(=O)(=O)OC1COS(=O)(=O)C1.O=S1(=O)C=CCO1.O=S1(=O)CC(O)CO1. The molecule has 0 bridgehead atoms. The van der Waals surface area contributed by atoms with Crippen molar-refractivity contribution in [3.8, 4) is 0 Å². The number of rotatable bonds is 5. The molecule has 0 spiro atoms. The van der Waals surface area contributed by atoms with Gasteiger partial charge in [-0.05, 0) is 25.7 Å². The van der Waals surface area contributed by atoms with Gasteiger partial charge in [0.25, 0.3) is 40.5 Å². The molecule has 2 fully saturated rings. The van der Waals surface area contributed by atoms with Crippen LogP contribution in [0.2, 0.25) is 0 Å². The second-order valence-electron chi connectivity index (χ2n) is 7.54. The van der Waals surface area contributed by atoms with E-state index in [1.807, 2.05) is 0 Å². The van der Waals surface area contributed by atoms with Gasteiger partial charge in [-0.2, -0.15) is 33.7 Å². The van der Waals surface area contributed by atoms with Gasteiger partial charge in [-0.1, -0.05) is 20.8 Å². The molecular weight excluding hydrogens is 654 g/mol. The van der Waals surface area contributed by atoms with Crippen molar-refractivity contribution in [2.24, 2.45) is 0 Å². The summed E-state index contributed by atoms with van der Waals surface area (Å²) in [5.74, 6) is -0.660. The summed E-state index contributed by atoms with van der Waals surface area (Å²) in [5, 5.41) is 9.61. The smallest absolute Gasteiger partial charge is 0.290 e. The van der Waals surface area contributed by atoms with Crippen LogP contribution in [-0.2, 0) is 66.3 Å². The summed E-state index contributed by atoms with van der Waals surface area (Å²) >= 11 is 0. The predicted octanol–water partition coefficient (Wildman–Crippen LogP) is -1.21. The molecule has 2 atom stereocenters. The Morgan fingerprint density at radius 2 is 1.31 bits per heavy atom. The molecule has 0 amide bonds. The minimum atomic E-state index is -3.60. The summed E-state index contributed by atoms with van der Waals surface area (Å²) in [4.78, 5) is 2.38. The van der Waals surface area contributed by atoms with Crippen LogP contribution in [0.1, 0.15) is 20.8 Å². The Hall–Kier alpha value is -0.460. The molecule has 39 heavy (non-hydrogen) atoms. The molecule has 1 N–H and O–H groups in total. The Labute approximate surface area is 236 Å². The van der Waals surface area contributed by atoms with Gasteiger partial charge < -0.3 is 10.0 Å². The first-order chi connectivity index (χ1) is 17.4. The summed E-state index contributed by atoms with van der Waals surface area (Å²) in [6.07, 6.45) is 1.52. The van der Waals surface area contributed by atoms with Crippen molar-refractivity contribution in [2.45, 2.75) is 33.0 Å². The zero-order valence-electron chi connectivity index (χ0n) is 22.0. The summed E-state index contributed by atoms with van der Waals surface area (Å²) in [7, 11) is -12.4. The van der Waals surface area contributed by atoms with E-state index in [-0.39, 0.29) is 25.6 Å². The largest absolute Gasteiger partial charge is 0.390 e. The summed E-state index contributed by atoms with van der Waals surface area (Å²) in [5.41, 5.74) is 0. The molecule has 2 saturated heterocycles. The maximum Gasteiger partial charge on any atom is 0.290 e. The molecule has 0 saturated carbocycles. The van der Waals surface area contributed by atoms with Gasteiger partial charge in [0.1, 0.15) is 17.6 Å². The first-order valence-corrected chi connectivity index (χ1v) is 20.1.